The summed E-state index contributed by atoms with van der Waals surface area (Å²) >= 11 is 17.2. The molecule has 0 fully saturated rings. The minimum Gasteiger partial charge on any atom is -0.486 e. The highest BCUT2D eigenvalue weighted by molar-refractivity contribution is 7.80. The van der Waals surface area contributed by atoms with Gasteiger partial charge in [0.1, 0.15) is 0 Å². The highest BCUT2D eigenvalue weighted by Gasteiger charge is 2.16. The van der Waals surface area contributed by atoms with E-state index in [4.69, 9.17) is 40.2 Å². The molecule has 0 bridgehead atoms. The van der Waals surface area contributed by atoms with Crippen molar-refractivity contribution in [1.82, 2.24) is 0 Å². The highest BCUT2D eigenvalue weighted by Crippen LogP contribution is 2.34. The number of carbonyl (C=O) groups is 1. The van der Waals surface area contributed by atoms with Crippen LogP contribution >= 0.6 is 35.4 Å². The van der Waals surface area contributed by atoms with Gasteiger partial charge in [0.25, 0.3) is 0 Å². The fraction of sp³-hybridized carbons (Fsp3) is 0.0667. The van der Waals surface area contributed by atoms with E-state index in [-0.39, 0.29) is 5.02 Å². The zero-order chi connectivity index (χ0) is 14.7. The summed E-state index contributed by atoms with van der Waals surface area (Å²) in [7, 11) is 1.51. The molecule has 2 nitrogen and oxygen atoms in total. The number of carbonyl (C=O) groups excluding carboxylic acids is 1. The molecule has 5 heteroatoms. The van der Waals surface area contributed by atoms with Gasteiger partial charge >= 0.3 is 0 Å². The van der Waals surface area contributed by atoms with Gasteiger partial charge in [-0.25, -0.2) is 0 Å². The Kier molecular flexibility index (Phi) is 4.76. The molecule has 2 aromatic carbocycles. The van der Waals surface area contributed by atoms with Crippen LogP contribution in [0, 0.1) is 0 Å². The number of halogens is 2. The molecule has 0 unspecified atom stereocenters. The van der Waals surface area contributed by atoms with Gasteiger partial charge in [-0.3, -0.25) is 4.79 Å². The summed E-state index contributed by atoms with van der Waals surface area (Å²) in [5.41, 5.74) is 2.52. The van der Waals surface area contributed by atoms with E-state index < -0.39 is 0 Å². The van der Waals surface area contributed by atoms with Crippen molar-refractivity contribution in [2.75, 3.05) is 7.11 Å². The molecule has 2 aromatic rings. The summed E-state index contributed by atoms with van der Waals surface area (Å²) < 4.78 is 5.11. The second-order valence-corrected chi connectivity index (χ2v) is 5.13. The number of hydrogen-bond acceptors (Lipinski definition) is 3. The Bertz CT molecular complexity index is 684. The molecule has 0 heterocycles. The first-order valence-electron chi connectivity index (χ1n) is 5.71. The molecule has 0 N–H and O–H groups in total. The molecule has 20 heavy (non-hydrogen) atoms. The van der Waals surface area contributed by atoms with Crippen molar-refractivity contribution in [2.45, 2.75) is 0 Å². The van der Waals surface area contributed by atoms with E-state index in [1.54, 1.807) is 12.1 Å². The summed E-state index contributed by atoms with van der Waals surface area (Å²) in [6.45, 7) is 0. The normalized spacial score (nSPS) is 10.2. The predicted octanol–water partition coefficient (Wildman–Crippen LogP) is 4.79. The monoisotopic (exact) mass is 324 g/mol. The quantitative estimate of drug-likeness (QED) is 0.599. The van der Waals surface area contributed by atoms with Crippen molar-refractivity contribution in [1.29, 1.82) is 0 Å². The zero-order valence-electron chi connectivity index (χ0n) is 10.5. The van der Waals surface area contributed by atoms with Crippen LogP contribution in [0.25, 0.3) is 11.1 Å². The van der Waals surface area contributed by atoms with Crippen molar-refractivity contribution in [2.24, 2.45) is 0 Å². The van der Waals surface area contributed by atoms with E-state index in [1.165, 1.54) is 7.11 Å². The standard InChI is InChI=1S/C15H10Cl2O2S/c1-19-15(20)11-5-3-2-4-9(11)10-6-7-13(16)14(17)12(10)8-18/h2-8H,1H3. The van der Waals surface area contributed by atoms with Gasteiger partial charge in [0, 0.05) is 11.1 Å². The van der Waals surface area contributed by atoms with Crippen molar-refractivity contribution < 1.29 is 9.53 Å². The van der Waals surface area contributed by atoms with Gasteiger partial charge in [0.05, 0.1) is 17.2 Å². The molecule has 2 rings (SSSR count). The molecule has 0 amide bonds. The van der Waals surface area contributed by atoms with Crippen molar-refractivity contribution in [3.8, 4) is 11.1 Å². The lowest BCUT2D eigenvalue weighted by Gasteiger charge is -2.13. The predicted molar refractivity (Wildman–Crippen MR) is 86.0 cm³/mol. The number of aldehydes is 1. The van der Waals surface area contributed by atoms with Gasteiger partial charge in [0.2, 0.25) is 0 Å². The molecule has 0 aromatic heterocycles. The Morgan fingerprint density at radius 2 is 1.85 bits per heavy atom. The fourth-order valence-electron chi connectivity index (χ4n) is 1.92. The number of benzene rings is 2. The van der Waals surface area contributed by atoms with Crippen LogP contribution in [0.1, 0.15) is 15.9 Å². The Hall–Kier alpha value is -1.42. The summed E-state index contributed by atoms with van der Waals surface area (Å²) in [6, 6.07) is 10.8. The maximum absolute atomic E-state index is 11.3. The molecule has 0 aliphatic heterocycles. The molecular formula is C15H10Cl2O2S. The molecule has 102 valence electrons. The van der Waals surface area contributed by atoms with E-state index in [0.717, 1.165) is 11.1 Å². The van der Waals surface area contributed by atoms with E-state index in [1.807, 2.05) is 24.3 Å². The number of ether oxygens (including phenoxy) is 1. The third-order valence-electron chi connectivity index (χ3n) is 2.87. The third kappa shape index (κ3) is 2.70. The van der Waals surface area contributed by atoms with Crippen molar-refractivity contribution in [3.05, 3.63) is 57.6 Å². The van der Waals surface area contributed by atoms with Crippen LogP contribution < -0.4 is 0 Å². The summed E-state index contributed by atoms with van der Waals surface area (Å²) in [5.74, 6) is 0. The number of thiocarbonyl (C=S) groups is 1. The summed E-state index contributed by atoms with van der Waals surface area (Å²) in [4.78, 5) is 11.3. The molecule has 0 aliphatic carbocycles. The molecule has 0 atom stereocenters. The second kappa shape index (κ2) is 6.35. The van der Waals surface area contributed by atoms with Gasteiger partial charge in [-0.15, -0.1) is 0 Å². The van der Waals surface area contributed by atoms with Crippen LogP contribution in [0.3, 0.4) is 0 Å². The molecule has 0 saturated carbocycles. The van der Waals surface area contributed by atoms with Gasteiger partial charge in [-0.2, -0.15) is 0 Å². The van der Waals surface area contributed by atoms with Gasteiger partial charge < -0.3 is 4.74 Å². The first-order valence-corrected chi connectivity index (χ1v) is 6.87. The minimum atomic E-state index is 0.234. The molecular weight excluding hydrogens is 315 g/mol. The lowest BCUT2D eigenvalue weighted by atomic mass is 9.96. The molecule has 0 spiro atoms. The van der Waals surface area contributed by atoms with Gasteiger partial charge in [0.15, 0.2) is 11.3 Å². The van der Waals surface area contributed by atoms with Crippen LogP contribution in [0.5, 0.6) is 0 Å². The van der Waals surface area contributed by atoms with Gasteiger partial charge in [-0.1, -0.05) is 47.5 Å². The first kappa shape index (κ1) is 15.0. The Labute approximate surface area is 132 Å². The van der Waals surface area contributed by atoms with E-state index in [9.17, 15) is 4.79 Å². The minimum absolute atomic E-state index is 0.234. The lowest BCUT2D eigenvalue weighted by molar-refractivity contribution is 0.112. The maximum Gasteiger partial charge on any atom is 0.191 e. The number of rotatable bonds is 3. The number of methoxy groups -OCH3 is 1. The largest absolute Gasteiger partial charge is 0.486 e. The second-order valence-electron chi connectivity index (χ2n) is 3.98. The maximum atomic E-state index is 11.3. The third-order valence-corrected chi connectivity index (χ3v) is 4.08. The van der Waals surface area contributed by atoms with Crippen LogP contribution in [0.2, 0.25) is 10.0 Å². The van der Waals surface area contributed by atoms with Crippen LogP contribution in [0.4, 0.5) is 0 Å². The Morgan fingerprint density at radius 1 is 1.15 bits per heavy atom. The van der Waals surface area contributed by atoms with Crippen molar-refractivity contribution >= 4 is 46.8 Å². The van der Waals surface area contributed by atoms with Crippen LogP contribution in [0.15, 0.2) is 36.4 Å². The van der Waals surface area contributed by atoms with E-state index in [0.29, 0.717) is 27.5 Å². The average molecular weight is 325 g/mol. The van der Waals surface area contributed by atoms with Crippen LogP contribution in [-0.4, -0.2) is 18.4 Å². The SMILES string of the molecule is COC(=S)c1ccccc1-c1ccc(Cl)c(Cl)c1C=O. The van der Waals surface area contributed by atoms with Crippen molar-refractivity contribution in [3.63, 3.8) is 0 Å². The zero-order valence-corrected chi connectivity index (χ0v) is 12.9. The fourth-order valence-corrected chi connectivity index (χ4v) is 2.47. The van der Waals surface area contributed by atoms with E-state index >= 15 is 0 Å². The Balaban J connectivity index is 2.73. The van der Waals surface area contributed by atoms with Crippen LogP contribution in [-0.2, 0) is 4.74 Å². The molecule has 0 saturated heterocycles. The Morgan fingerprint density at radius 3 is 2.50 bits per heavy atom. The van der Waals surface area contributed by atoms with E-state index in [2.05, 4.69) is 0 Å². The molecule has 0 aliphatic rings. The summed E-state index contributed by atoms with van der Waals surface area (Å²) in [6.07, 6.45) is 0.691. The highest BCUT2D eigenvalue weighted by atomic mass is 35.5. The molecule has 0 radical (unpaired) electrons. The summed E-state index contributed by atoms with van der Waals surface area (Å²) in [5, 5.41) is 0.921. The number of hydrogen-bond donors (Lipinski definition) is 0. The topological polar surface area (TPSA) is 26.3 Å². The lowest BCUT2D eigenvalue weighted by Crippen LogP contribution is -2.03. The smallest absolute Gasteiger partial charge is 0.191 e. The van der Waals surface area contributed by atoms with Gasteiger partial charge in [-0.05, 0) is 35.5 Å². The average Bonchev–Trinajstić information content (AvgIpc) is 2.49. The first-order chi connectivity index (χ1) is 9.60.